The van der Waals surface area contributed by atoms with Crippen molar-refractivity contribution in [3.8, 4) is 5.75 Å². The Morgan fingerprint density at radius 1 is 1.15 bits per heavy atom. The van der Waals surface area contributed by atoms with E-state index in [0.717, 1.165) is 0 Å². The zero-order valence-electron chi connectivity index (χ0n) is 22.5. The van der Waals surface area contributed by atoms with Gasteiger partial charge in [-0.3, -0.25) is 24.2 Å². The lowest BCUT2D eigenvalue weighted by Crippen LogP contribution is -2.63. The monoisotopic (exact) mass is 554 g/mol. The van der Waals surface area contributed by atoms with Crippen LogP contribution in [-0.2, 0) is 30.3 Å². The van der Waals surface area contributed by atoms with Crippen molar-refractivity contribution < 1.29 is 38.9 Å². The first kappa shape index (κ1) is 29.0. The molecule has 2 fully saturated rings. The molecule has 1 aromatic heterocycles. The van der Waals surface area contributed by atoms with Gasteiger partial charge in [-0.2, -0.15) is 0 Å². The summed E-state index contributed by atoms with van der Waals surface area (Å²) in [6.07, 6.45) is 0.700. The Morgan fingerprint density at radius 3 is 2.50 bits per heavy atom. The number of aromatic nitrogens is 1. The number of carbonyl (C=O) groups excluding carboxylic acids is 4. The number of ether oxygens (including phenoxy) is 2. The van der Waals surface area contributed by atoms with Crippen molar-refractivity contribution in [3.63, 3.8) is 0 Å². The van der Waals surface area contributed by atoms with E-state index in [1.807, 2.05) is 0 Å². The number of aromatic hydroxyl groups is 1. The van der Waals surface area contributed by atoms with Gasteiger partial charge in [-0.15, -0.1) is 0 Å². The molecule has 1 aromatic carbocycles. The number of esters is 1. The van der Waals surface area contributed by atoms with E-state index in [1.165, 1.54) is 31.0 Å². The predicted octanol–water partition coefficient (Wildman–Crippen LogP) is 0.0288. The third-order valence-corrected chi connectivity index (χ3v) is 7.54. The van der Waals surface area contributed by atoms with Gasteiger partial charge in [-0.05, 0) is 44.0 Å². The summed E-state index contributed by atoms with van der Waals surface area (Å²) in [6.45, 7) is 3.45. The van der Waals surface area contributed by atoms with Crippen LogP contribution in [0.25, 0.3) is 0 Å². The summed E-state index contributed by atoms with van der Waals surface area (Å²) in [5.41, 5.74) is 0.640. The van der Waals surface area contributed by atoms with Crippen LogP contribution in [0.15, 0.2) is 48.8 Å². The first-order chi connectivity index (χ1) is 19.1. The van der Waals surface area contributed by atoms with Crippen LogP contribution >= 0.6 is 0 Å². The van der Waals surface area contributed by atoms with Gasteiger partial charge in [0, 0.05) is 19.4 Å². The van der Waals surface area contributed by atoms with E-state index in [2.05, 4.69) is 15.6 Å². The highest BCUT2D eigenvalue weighted by atomic mass is 16.6. The number of phenols is 1. The molecule has 2 saturated heterocycles. The van der Waals surface area contributed by atoms with E-state index in [1.54, 1.807) is 43.6 Å². The molecule has 4 rings (SSSR count). The number of rotatable bonds is 5. The van der Waals surface area contributed by atoms with Crippen molar-refractivity contribution in [3.05, 3.63) is 59.9 Å². The fraction of sp³-hybridized carbons (Fsp3) is 0.464. The summed E-state index contributed by atoms with van der Waals surface area (Å²) >= 11 is 0. The predicted molar refractivity (Wildman–Crippen MR) is 141 cm³/mol. The second-order valence-electron chi connectivity index (χ2n) is 10.3. The molecular formula is C28H34N4O8. The Hall–Kier alpha value is -4.03. The van der Waals surface area contributed by atoms with E-state index in [0.29, 0.717) is 5.56 Å². The number of para-hydroxylation sites is 1. The molecule has 2 aromatic rings. The summed E-state index contributed by atoms with van der Waals surface area (Å²) in [5.74, 6) is -4.55. The number of pyridine rings is 1. The molecule has 0 saturated carbocycles. The fourth-order valence-corrected chi connectivity index (χ4v) is 4.71. The fourth-order valence-electron chi connectivity index (χ4n) is 4.71. The third kappa shape index (κ3) is 6.23. The van der Waals surface area contributed by atoms with E-state index in [4.69, 9.17) is 9.47 Å². The van der Waals surface area contributed by atoms with Crippen molar-refractivity contribution in [2.45, 2.75) is 50.6 Å². The molecule has 0 bridgehead atoms. The van der Waals surface area contributed by atoms with Crippen LogP contribution in [0.2, 0.25) is 0 Å². The summed E-state index contributed by atoms with van der Waals surface area (Å²) in [4.78, 5) is 58.9. The SMILES string of the molecule is C[C@@H]1[C@H](NC(=O)c2ccccc2O)C(=O)N[C@@H](Cc2cccnc2)[C@@H](O)[C@@H](C)C(=O)OC(C2COC2)C(=O)N1C. The standard InChI is InChI=1S/C28H34N4O8/c1-15-23(34)20(11-17-7-6-10-29-12-17)30-26(36)22(31-25(35)19-8-4-5-9-21(19)33)16(2)32(3)27(37)24(40-28(15)38)18-13-39-14-18/h4-10,12,15-16,18,20,22-24,33-34H,11,13-14H2,1-3H3,(H,30,36)(H,31,35)/t15-,16-,20+,22+,23+,24?/m1/s1. The number of phenolic OH excluding ortho intramolecular Hbond substituents is 1. The maximum Gasteiger partial charge on any atom is 0.312 e. The molecule has 2 aliphatic heterocycles. The van der Waals surface area contributed by atoms with Gasteiger partial charge in [0.2, 0.25) is 5.91 Å². The molecule has 12 heteroatoms. The number of amides is 3. The zero-order valence-corrected chi connectivity index (χ0v) is 22.5. The van der Waals surface area contributed by atoms with E-state index in [9.17, 15) is 29.4 Å². The van der Waals surface area contributed by atoms with E-state index < -0.39 is 65.9 Å². The quantitative estimate of drug-likeness (QED) is 0.373. The van der Waals surface area contributed by atoms with Crippen molar-refractivity contribution >= 4 is 23.7 Å². The van der Waals surface area contributed by atoms with Crippen LogP contribution in [0.5, 0.6) is 5.75 Å². The normalized spacial score (nSPS) is 28.4. The van der Waals surface area contributed by atoms with Crippen LogP contribution < -0.4 is 10.6 Å². The maximum atomic E-state index is 13.8. The lowest BCUT2D eigenvalue weighted by Gasteiger charge is -2.40. The average Bonchev–Trinajstić information content (AvgIpc) is 2.92. The van der Waals surface area contributed by atoms with Gasteiger partial charge in [-0.1, -0.05) is 18.2 Å². The van der Waals surface area contributed by atoms with Crippen LogP contribution in [0, 0.1) is 11.8 Å². The van der Waals surface area contributed by atoms with Crippen LogP contribution in [0.1, 0.15) is 29.8 Å². The molecule has 214 valence electrons. The number of nitrogens with zero attached hydrogens (tertiary/aromatic N) is 2. The molecule has 6 atom stereocenters. The van der Waals surface area contributed by atoms with Gasteiger partial charge in [0.25, 0.3) is 11.8 Å². The minimum Gasteiger partial charge on any atom is -0.507 e. The van der Waals surface area contributed by atoms with Crippen molar-refractivity contribution in [1.29, 1.82) is 0 Å². The Morgan fingerprint density at radius 2 is 1.88 bits per heavy atom. The van der Waals surface area contributed by atoms with Gasteiger partial charge in [0.05, 0.1) is 48.8 Å². The molecule has 3 amide bonds. The molecule has 40 heavy (non-hydrogen) atoms. The number of benzene rings is 1. The molecular weight excluding hydrogens is 520 g/mol. The smallest absolute Gasteiger partial charge is 0.312 e. The Bertz CT molecular complexity index is 1240. The first-order valence-electron chi connectivity index (χ1n) is 13.1. The van der Waals surface area contributed by atoms with Crippen LogP contribution in [-0.4, -0.2) is 94.4 Å². The van der Waals surface area contributed by atoms with E-state index in [-0.39, 0.29) is 30.9 Å². The number of aliphatic hydroxyl groups excluding tert-OH is 1. The largest absolute Gasteiger partial charge is 0.507 e. The number of cyclic esters (lactones) is 1. The summed E-state index contributed by atoms with van der Waals surface area (Å²) < 4.78 is 10.9. The lowest BCUT2D eigenvalue weighted by molar-refractivity contribution is -0.182. The number of carbonyl (C=O) groups is 4. The van der Waals surface area contributed by atoms with Gasteiger partial charge in [0.1, 0.15) is 11.8 Å². The molecule has 12 nitrogen and oxygen atoms in total. The van der Waals surface area contributed by atoms with Crippen LogP contribution in [0.3, 0.4) is 0 Å². The first-order valence-corrected chi connectivity index (χ1v) is 13.1. The van der Waals surface area contributed by atoms with Crippen molar-refractivity contribution in [1.82, 2.24) is 20.5 Å². The third-order valence-electron chi connectivity index (χ3n) is 7.54. The highest BCUT2D eigenvalue weighted by molar-refractivity contribution is 6.00. The molecule has 0 spiro atoms. The van der Waals surface area contributed by atoms with Crippen LogP contribution in [0.4, 0.5) is 0 Å². The number of aliphatic hydroxyl groups is 1. The zero-order chi connectivity index (χ0) is 29.0. The highest BCUT2D eigenvalue weighted by Crippen LogP contribution is 2.25. The van der Waals surface area contributed by atoms with Gasteiger partial charge >= 0.3 is 5.97 Å². The average molecular weight is 555 g/mol. The van der Waals surface area contributed by atoms with Crippen molar-refractivity contribution in [2.24, 2.45) is 11.8 Å². The van der Waals surface area contributed by atoms with Gasteiger partial charge in [0.15, 0.2) is 6.10 Å². The summed E-state index contributed by atoms with van der Waals surface area (Å²) in [6, 6.07) is 6.16. The number of likely N-dealkylation sites (N-methyl/N-ethyl adjacent to an activating group) is 1. The second kappa shape index (κ2) is 12.4. The number of hydrogen-bond acceptors (Lipinski definition) is 9. The minimum absolute atomic E-state index is 0.0541. The Labute approximate surface area is 231 Å². The second-order valence-corrected chi connectivity index (χ2v) is 10.3. The van der Waals surface area contributed by atoms with Crippen molar-refractivity contribution in [2.75, 3.05) is 20.3 Å². The molecule has 3 heterocycles. The Kier molecular flexibility index (Phi) is 9.00. The molecule has 4 N–H and O–H groups in total. The lowest BCUT2D eigenvalue weighted by atomic mass is 9.91. The highest BCUT2D eigenvalue weighted by Gasteiger charge is 2.44. The molecule has 1 unspecified atom stereocenters. The topological polar surface area (TPSA) is 167 Å². The minimum atomic E-state index is -1.40. The van der Waals surface area contributed by atoms with Gasteiger partial charge < -0.3 is 35.2 Å². The molecule has 0 aliphatic carbocycles. The maximum absolute atomic E-state index is 13.8. The van der Waals surface area contributed by atoms with E-state index >= 15 is 0 Å². The summed E-state index contributed by atoms with van der Waals surface area (Å²) in [7, 11) is 1.46. The summed E-state index contributed by atoms with van der Waals surface area (Å²) in [5, 5.41) is 26.8. The molecule has 0 radical (unpaired) electrons. The number of hydrogen-bond donors (Lipinski definition) is 4. The molecule has 2 aliphatic rings. The number of nitrogens with one attached hydrogen (secondary N) is 2. The Balaban J connectivity index is 1.71. The van der Waals surface area contributed by atoms with Gasteiger partial charge in [-0.25, -0.2) is 0 Å².